The summed E-state index contributed by atoms with van der Waals surface area (Å²) in [6.45, 7) is 3.41. The van der Waals surface area contributed by atoms with Crippen molar-refractivity contribution in [3.05, 3.63) is 84.4 Å². The number of anilines is 1. The topological polar surface area (TPSA) is 56.8 Å². The smallest absolute Gasteiger partial charge is 0.259 e. The molecule has 0 unspecified atom stereocenters. The fraction of sp³-hybridized carbons (Fsp3) is 0.208. The lowest BCUT2D eigenvalue weighted by atomic mass is 10.2. The Morgan fingerprint density at radius 1 is 0.759 bits per heavy atom. The highest BCUT2D eigenvalue weighted by Crippen LogP contribution is 2.22. The molecule has 1 amide bonds. The van der Waals surface area contributed by atoms with E-state index in [1.54, 1.807) is 12.1 Å². The summed E-state index contributed by atoms with van der Waals surface area (Å²) < 4.78 is 17.0. The number of nitrogens with one attached hydrogen (secondary N) is 1. The van der Waals surface area contributed by atoms with Gasteiger partial charge in [-0.1, -0.05) is 43.3 Å². The van der Waals surface area contributed by atoms with Crippen LogP contribution in [0.25, 0.3) is 0 Å². The number of carbonyl (C=O) groups excluding carboxylic acids is 1. The molecule has 0 aliphatic heterocycles. The summed E-state index contributed by atoms with van der Waals surface area (Å²) in [5, 5.41) is 2.90. The Bertz CT molecular complexity index is 912. The zero-order chi connectivity index (χ0) is 20.3. The van der Waals surface area contributed by atoms with Crippen LogP contribution in [0, 0.1) is 0 Å². The maximum atomic E-state index is 12.8. The van der Waals surface area contributed by atoms with E-state index in [0.29, 0.717) is 36.8 Å². The molecular formula is C24H25NO4. The van der Waals surface area contributed by atoms with E-state index in [9.17, 15) is 4.79 Å². The lowest BCUT2D eigenvalue weighted by Crippen LogP contribution is -2.15. The molecule has 0 radical (unpaired) electrons. The minimum Gasteiger partial charge on any atom is -0.494 e. The van der Waals surface area contributed by atoms with E-state index in [4.69, 9.17) is 14.2 Å². The van der Waals surface area contributed by atoms with Crippen LogP contribution in [0.2, 0.25) is 0 Å². The largest absolute Gasteiger partial charge is 0.494 e. The van der Waals surface area contributed by atoms with E-state index < -0.39 is 0 Å². The molecule has 150 valence electrons. The summed E-state index contributed by atoms with van der Waals surface area (Å²) in [7, 11) is 0. The van der Waals surface area contributed by atoms with E-state index in [1.165, 1.54) is 0 Å². The molecular weight excluding hydrogens is 366 g/mol. The standard InChI is InChI=1S/C24H25NO4/c1-2-15-27-21-12-8-9-19(18-21)25-24(26)22-13-6-7-14-23(22)29-17-16-28-20-10-4-3-5-11-20/h3-14,18H,2,15-17H2,1H3,(H,25,26). The molecule has 0 aliphatic rings. The van der Waals surface area contributed by atoms with Crippen molar-refractivity contribution >= 4 is 11.6 Å². The number of carbonyl (C=O) groups is 1. The van der Waals surface area contributed by atoms with Gasteiger partial charge in [-0.3, -0.25) is 4.79 Å². The summed E-state index contributed by atoms with van der Waals surface area (Å²) in [5.41, 5.74) is 1.14. The molecule has 0 saturated carbocycles. The SMILES string of the molecule is CCCOc1cccc(NC(=O)c2ccccc2OCCOc2ccccc2)c1. The molecule has 0 fully saturated rings. The molecule has 0 bridgehead atoms. The molecule has 0 saturated heterocycles. The number of hydrogen-bond acceptors (Lipinski definition) is 4. The van der Waals surface area contributed by atoms with Crippen LogP contribution in [0.1, 0.15) is 23.7 Å². The average Bonchev–Trinajstić information content (AvgIpc) is 2.76. The molecule has 5 heteroatoms. The van der Waals surface area contributed by atoms with E-state index in [2.05, 4.69) is 5.32 Å². The first-order chi connectivity index (χ1) is 14.3. The summed E-state index contributed by atoms with van der Waals surface area (Å²) >= 11 is 0. The molecule has 0 atom stereocenters. The predicted molar refractivity (Wildman–Crippen MR) is 114 cm³/mol. The van der Waals surface area contributed by atoms with Crippen molar-refractivity contribution in [1.29, 1.82) is 0 Å². The number of rotatable bonds is 10. The Labute approximate surface area is 171 Å². The van der Waals surface area contributed by atoms with Gasteiger partial charge in [0.2, 0.25) is 0 Å². The molecule has 5 nitrogen and oxygen atoms in total. The third kappa shape index (κ3) is 6.28. The number of para-hydroxylation sites is 2. The third-order valence-electron chi connectivity index (χ3n) is 4.05. The van der Waals surface area contributed by atoms with Crippen LogP contribution in [0.4, 0.5) is 5.69 Å². The average molecular weight is 391 g/mol. The zero-order valence-electron chi connectivity index (χ0n) is 16.5. The van der Waals surface area contributed by atoms with E-state index in [0.717, 1.165) is 17.9 Å². The minimum atomic E-state index is -0.239. The molecule has 1 N–H and O–H groups in total. The number of ether oxygens (including phenoxy) is 3. The second-order valence-corrected chi connectivity index (χ2v) is 6.34. The molecule has 3 rings (SSSR count). The lowest BCUT2D eigenvalue weighted by molar-refractivity contribution is 0.102. The zero-order valence-corrected chi connectivity index (χ0v) is 16.5. The first-order valence-electron chi connectivity index (χ1n) is 9.70. The molecule has 0 aliphatic carbocycles. The van der Waals surface area contributed by atoms with Crippen molar-refractivity contribution in [2.75, 3.05) is 25.1 Å². The van der Waals surface area contributed by atoms with Gasteiger partial charge in [0.15, 0.2) is 0 Å². The van der Waals surface area contributed by atoms with Gasteiger partial charge in [-0.2, -0.15) is 0 Å². The molecule has 0 heterocycles. The molecule has 0 aromatic heterocycles. The number of benzene rings is 3. The van der Waals surface area contributed by atoms with Crippen LogP contribution in [0.3, 0.4) is 0 Å². The maximum absolute atomic E-state index is 12.8. The highest BCUT2D eigenvalue weighted by molar-refractivity contribution is 6.06. The predicted octanol–water partition coefficient (Wildman–Crippen LogP) is 5.19. The normalized spacial score (nSPS) is 10.2. The van der Waals surface area contributed by atoms with Crippen molar-refractivity contribution < 1.29 is 19.0 Å². The van der Waals surface area contributed by atoms with Crippen LogP contribution in [0.15, 0.2) is 78.9 Å². The van der Waals surface area contributed by atoms with Gasteiger partial charge in [0.1, 0.15) is 30.5 Å². The molecule has 3 aromatic carbocycles. The van der Waals surface area contributed by atoms with Gasteiger partial charge in [-0.15, -0.1) is 0 Å². The van der Waals surface area contributed by atoms with E-state index in [-0.39, 0.29) is 5.91 Å². The van der Waals surface area contributed by atoms with Gasteiger partial charge in [0, 0.05) is 11.8 Å². The Morgan fingerprint density at radius 2 is 1.45 bits per heavy atom. The van der Waals surface area contributed by atoms with Gasteiger partial charge in [-0.25, -0.2) is 0 Å². The fourth-order valence-electron chi connectivity index (χ4n) is 2.69. The van der Waals surface area contributed by atoms with Crippen molar-refractivity contribution in [3.8, 4) is 17.2 Å². The van der Waals surface area contributed by atoms with Crippen molar-refractivity contribution in [3.63, 3.8) is 0 Å². The Kier molecular flexibility index (Phi) is 7.52. The van der Waals surface area contributed by atoms with Crippen LogP contribution in [-0.2, 0) is 0 Å². The Morgan fingerprint density at radius 3 is 2.28 bits per heavy atom. The van der Waals surface area contributed by atoms with Crippen LogP contribution < -0.4 is 19.5 Å². The van der Waals surface area contributed by atoms with Crippen LogP contribution >= 0.6 is 0 Å². The second kappa shape index (κ2) is 10.8. The first kappa shape index (κ1) is 20.3. The number of hydrogen-bond donors (Lipinski definition) is 1. The summed E-state index contributed by atoms with van der Waals surface area (Å²) in [6, 6.07) is 24.1. The molecule has 29 heavy (non-hydrogen) atoms. The van der Waals surface area contributed by atoms with Crippen LogP contribution in [0.5, 0.6) is 17.2 Å². The van der Waals surface area contributed by atoms with Crippen LogP contribution in [-0.4, -0.2) is 25.7 Å². The minimum absolute atomic E-state index is 0.239. The molecule has 3 aromatic rings. The van der Waals surface area contributed by atoms with Gasteiger partial charge in [-0.05, 0) is 42.8 Å². The van der Waals surface area contributed by atoms with Crippen molar-refractivity contribution in [2.24, 2.45) is 0 Å². The van der Waals surface area contributed by atoms with Crippen molar-refractivity contribution in [1.82, 2.24) is 0 Å². The monoisotopic (exact) mass is 391 g/mol. The van der Waals surface area contributed by atoms with E-state index >= 15 is 0 Å². The fourth-order valence-corrected chi connectivity index (χ4v) is 2.69. The number of amides is 1. The lowest BCUT2D eigenvalue weighted by Gasteiger charge is -2.13. The Balaban J connectivity index is 1.58. The summed E-state index contributed by atoms with van der Waals surface area (Å²) in [5.74, 6) is 1.79. The molecule has 0 spiro atoms. The summed E-state index contributed by atoms with van der Waals surface area (Å²) in [4.78, 5) is 12.8. The highest BCUT2D eigenvalue weighted by atomic mass is 16.5. The Hall–Kier alpha value is -3.47. The quantitative estimate of drug-likeness (QED) is 0.484. The highest BCUT2D eigenvalue weighted by Gasteiger charge is 2.13. The third-order valence-corrected chi connectivity index (χ3v) is 4.05. The maximum Gasteiger partial charge on any atom is 0.259 e. The first-order valence-corrected chi connectivity index (χ1v) is 9.70. The van der Waals surface area contributed by atoms with E-state index in [1.807, 2.05) is 73.7 Å². The van der Waals surface area contributed by atoms with Gasteiger partial charge in [0.05, 0.1) is 12.2 Å². The van der Waals surface area contributed by atoms with Gasteiger partial charge in [0.25, 0.3) is 5.91 Å². The van der Waals surface area contributed by atoms with Crippen molar-refractivity contribution in [2.45, 2.75) is 13.3 Å². The summed E-state index contributed by atoms with van der Waals surface area (Å²) in [6.07, 6.45) is 0.926. The van der Waals surface area contributed by atoms with Gasteiger partial charge >= 0.3 is 0 Å². The second-order valence-electron chi connectivity index (χ2n) is 6.34. The van der Waals surface area contributed by atoms with Gasteiger partial charge < -0.3 is 19.5 Å².